The topological polar surface area (TPSA) is 53.8 Å². The van der Waals surface area contributed by atoms with Crippen molar-refractivity contribution in [2.75, 3.05) is 13.6 Å². The predicted octanol–water partition coefficient (Wildman–Crippen LogP) is 1.51. The summed E-state index contributed by atoms with van der Waals surface area (Å²) in [5.74, 6) is 1.07. The van der Waals surface area contributed by atoms with Gasteiger partial charge in [0.1, 0.15) is 0 Å². The summed E-state index contributed by atoms with van der Waals surface area (Å²) in [5.41, 5.74) is 7.09. The fraction of sp³-hybridized carbons (Fsp3) is 0.636. The van der Waals surface area contributed by atoms with Crippen LogP contribution in [0.4, 0.5) is 0 Å². The van der Waals surface area contributed by atoms with Crippen LogP contribution in [-0.4, -0.2) is 18.6 Å². The maximum atomic E-state index is 5.81. The molecule has 3 nitrogen and oxygen atoms in total. The smallest absolute Gasteiger partial charge is 0.0375 e. The molecule has 0 saturated carbocycles. The molecule has 2 unspecified atom stereocenters. The summed E-state index contributed by atoms with van der Waals surface area (Å²) >= 11 is 0. The van der Waals surface area contributed by atoms with Crippen molar-refractivity contribution in [3.05, 3.63) is 24.0 Å². The lowest BCUT2D eigenvalue weighted by Crippen LogP contribution is -2.33. The molecule has 1 heterocycles. The standard InChI is InChI=1S/C11H21N3/c1-8(2)10(6-12)11(13-3)9-4-5-14-7-9/h4-5,7-8,10-11,13-14H,6,12H2,1-3H3. The number of hydrogen-bond acceptors (Lipinski definition) is 2. The van der Waals surface area contributed by atoms with Gasteiger partial charge in [-0.25, -0.2) is 0 Å². The van der Waals surface area contributed by atoms with Gasteiger partial charge in [-0.1, -0.05) is 13.8 Å². The average molecular weight is 195 g/mol. The molecule has 0 bridgehead atoms. The number of aromatic nitrogens is 1. The van der Waals surface area contributed by atoms with Crippen molar-refractivity contribution in [1.29, 1.82) is 0 Å². The molecule has 0 aliphatic heterocycles. The van der Waals surface area contributed by atoms with Crippen LogP contribution in [0.5, 0.6) is 0 Å². The Labute approximate surface area is 86.1 Å². The van der Waals surface area contributed by atoms with E-state index in [1.807, 2.05) is 19.4 Å². The molecule has 1 aromatic heterocycles. The van der Waals surface area contributed by atoms with Gasteiger partial charge >= 0.3 is 0 Å². The van der Waals surface area contributed by atoms with E-state index < -0.39 is 0 Å². The molecule has 0 aliphatic rings. The Kier molecular flexibility index (Phi) is 4.17. The van der Waals surface area contributed by atoms with E-state index in [0.717, 1.165) is 0 Å². The Bertz CT molecular complexity index is 241. The van der Waals surface area contributed by atoms with Crippen LogP contribution in [0.1, 0.15) is 25.5 Å². The van der Waals surface area contributed by atoms with Gasteiger partial charge in [0.15, 0.2) is 0 Å². The minimum Gasteiger partial charge on any atom is -0.367 e. The van der Waals surface area contributed by atoms with Gasteiger partial charge in [-0.15, -0.1) is 0 Å². The average Bonchev–Trinajstić information content (AvgIpc) is 2.65. The largest absolute Gasteiger partial charge is 0.367 e. The van der Waals surface area contributed by atoms with Crippen LogP contribution in [0.15, 0.2) is 18.5 Å². The lowest BCUT2D eigenvalue weighted by atomic mass is 9.85. The van der Waals surface area contributed by atoms with E-state index in [0.29, 0.717) is 24.4 Å². The van der Waals surface area contributed by atoms with Crippen LogP contribution in [-0.2, 0) is 0 Å². The molecular weight excluding hydrogens is 174 g/mol. The van der Waals surface area contributed by atoms with E-state index in [9.17, 15) is 0 Å². The SMILES string of the molecule is CNC(c1cc[nH]c1)C(CN)C(C)C. The van der Waals surface area contributed by atoms with Crippen LogP contribution in [0.3, 0.4) is 0 Å². The molecule has 0 radical (unpaired) electrons. The predicted molar refractivity (Wildman–Crippen MR) is 60.0 cm³/mol. The maximum Gasteiger partial charge on any atom is 0.0375 e. The summed E-state index contributed by atoms with van der Waals surface area (Å²) in [5, 5.41) is 3.34. The molecule has 1 rings (SSSR count). The van der Waals surface area contributed by atoms with Crippen molar-refractivity contribution in [2.45, 2.75) is 19.9 Å². The number of hydrogen-bond donors (Lipinski definition) is 3. The fourth-order valence-electron chi connectivity index (χ4n) is 1.95. The van der Waals surface area contributed by atoms with Crippen molar-refractivity contribution in [1.82, 2.24) is 10.3 Å². The Morgan fingerprint density at radius 3 is 2.57 bits per heavy atom. The highest BCUT2D eigenvalue weighted by atomic mass is 14.9. The Balaban J connectivity index is 2.79. The lowest BCUT2D eigenvalue weighted by Gasteiger charge is -2.28. The molecule has 4 N–H and O–H groups in total. The first-order chi connectivity index (χ1) is 6.70. The van der Waals surface area contributed by atoms with Crippen LogP contribution < -0.4 is 11.1 Å². The molecule has 0 spiro atoms. The quantitative estimate of drug-likeness (QED) is 0.667. The Hall–Kier alpha value is -0.800. The fourth-order valence-corrected chi connectivity index (χ4v) is 1.95. The zero-order chi connectivity index (χ0) is 10.6. The summed E-state index contributed by atoms with van der Waals surface area (Å²) in [7, 11) is 1.99. The summed E-state index contributed by atoms with van der Waals surface area (Å²) in [6, 6.07) is 2.46. The molecular formula is C11H21N3. The number of aromatic amines is 1. The minimum absolute atomic E-state index is 0.353. The second-order valence-corrected chi connectivity index (χ2v) is 4.05. The second-order valence-electron chi connectivity index (χ2n) is 4.05. The summed E-state index contributed by atoms with van der Waals surface area (Å²) in [6.07, 6.45) is 3.99. The first-order valence-corrected chi connectivity index (χ1v) is 5.20. The normalized spacial score (nSPS) is 15.8. The molecule has 0 fully saturated rings. The third-order valence-corrected chi connectivity index (χ3v) is 2.85. The first-order valence-electron chi connectivity index (χ1n) is 5.20. The molecule has 0 aromatic carbocycles. The van der Waals surface area contributed by atoms with Gasteiger partial charge < -0.3 is 16.0 Å². The van der Waals surface area contributed by atoms with Gasteiger partial charge in [-0.05, 0) is 37.1 Å². The second kappa shape index (κ2) is 5.17. The zero-order valence-electron chi connectivity index (χ0n) is 9.25. The van der Waals surface area contributed by atoms with Crippen molar-refractivity contribution >= 4 is 0 Å². The van der Waals surface area contributed by atoms with Crippen LogP contribution >= 0.6 is 0 Å². The van der Waals surface area contributed by atoms with Crippen molar-refractivity contribution in [2.24, 2.45) is 17.6 Å². The summed E-state index contributed by atoms with van der Waals surface area (Å²) in [4.78, 5) is 3.08. The number of H-pyrrole nitrogens is 1. The molecule has 80 valence electrons. The monoisotopic (exact) mass is 195 g/mol. The maximum absolute atomic E-state index is 5.81. The Morgan fingerprint density at radius 2 is 2.21 bits per heavy atom. The summed E-state index contributed by atoms with van der Waals surface area (Å²) < 4.78 is 0. The number of rotatable bonds is 5. The first kappa shape index (κ1) is 11.3. The summed E-state index contributed by atoms with van der Waals surface area (Å²) in [6.45, 7) is 5.15. The van der Waals surface area contributed by atoms with Crippen molar-refractivity contribution in [3.63, 3.8) is 0 Å². The molecule has 3 heteroatoms. The third-order valence-electron chi connectivity index (χ3n) is 2.85. The highest BCUT2D eigenvalue weighted by Crippen LogP contribution is 2.26. The lowest BCUT2D eigenvalue weighted by molar-refractivity contribution is 0.299. The van der Waals surface area contributed by atoms with Crippen molar-refractivity contribution in [3.8, 4) is 0 Å². The minimum atomic E-state index is 0.353. The molecule has 0 saturated heterocycles. The van der Waals surface area contributed by atoms with Gasteiger partial charge in [-0.3, -0.25) is 0 Å². The Morgan fingerprint density at radius 1 is 1.50 bits per heavy atom. The van der Waals surface area contributed by atoms with Gasteiger partial charge in [0.25, 0.3) is 0 Å². The molecule has 1 aromatic rings. The van der Waals surface area contributed by atoms with Crippen LogP contribution in [0.25, 0.3) is 0 Å². The van der Waals surface area contributed by atoms with E-state index in [4.69, 9.17) is 5.73 Å². The highest BCUT2D eigenvalue weighted by molar-refractivity contribution is 5.15. The molecule has 2 atom stereocenters. The third kappa shape index (κ3) is 2.36. The van der Waals surface area contributed by atoms with Gasteiger partial charge in [-0.2, -0.15) is 0 Å². The van der Waals surface area contributed by atoms with Crippen LogP contribution in [0.2, 0.25) is 0 Å². The van der Waals surface area contributed by atoms with E-state index in [1.165, 1.54) is 5.56 Å². The van der Waals surface area contributed by atoms with Gasteiger partial charge in [0, 0.05) is 18.4 Å². The van der Waals surface area contributed by atoms with E-state index in [2.05, 4.69) is 30.2 Å². The number of nitrogens with two attached hydrogens (primary N) is 1. The number of nitrogens with one attached hydrogen (secondary N) is 2. The van der Waals surface area contributed by atoms with E-state index >= 15 is 0 Å². The highest BCUT2D eigenvalue weighted by Gasteiger charge is 2.23. The van der Waals surface area contributed by atoms with Crippen molar-refractivity contribution < 1.29 is 0 Å². The van der Waals surface area contributed by atoms with Crippen LogP contribution in [0, 0.1) is 11.8 Å². The molecule has 0 aliphatic carbocycles. The zero-order valence-corrected chi connectivity index (χ0v) is 9.25. The van der Waals surface area contributed by atoms with Gasteiger partial charge in [0.2, 0.25) is 0 Å². The van der Waals surface area contributed by atoms with E-state index in [1.54, 1.807) is 0 Å². The van der Waals surface area contributed by atoms with Gasteiger partial charge in [0.05, 0.1) is 0 Å². The van der Waals surface area contributed by atoms with E-state index in [-0.39, 0.29) is 0 Å². The molecule has 0 amide bonds. The molecule has 14 heavy (non-hydrogen) atoms.